The molecule has 10 heteroatoms. The minimum atomic E-state index is -0.292. The fourth-order valence-corrected chi connectivity index (χ4v) is 6.41. The molecule has 0 spiro atoms. The van der Waals surface area contributed by atoms with Gasteiger partial charge in [-0.3, -0.25) is 9.59 Å². The van der Waals surface area contributed by atoms with Crippen LogP contribution in [0.5, 0.6) is 0 Å². The first-order valence-electron chi connectivity index (χ1n) is 14.2. The molecule has 2 aromatic carbocycles. The molecule has 3 heterocycles. The van der Waals surface area contributed by atoms with Gasteiger partial charge < -0.3 is 25.3 Å². The van der Waals surface area contributed by atoms with Gasteiger partial charge in [0.2, 0.25) is 5.91 Å². The van der Waals surface area contributed by atoms with Crippen molar-refractivity contribution >= 4 is 39.9 Å². The molecular formula is C31H38N6O3S. The van der Waals surface area contributed by atoms with E-state index in [1.807, 2.05) is 29.2 Å². The summed E-state index contributed by atoms with van der Waals surface area (Å²) in [6, 6.07) is 15.8. The molecule has 4 aromatic rings. The molecular weight excluding hydrogens is 536 g/mol. The lowest BCUT2D eigenvalue weighted by molar-refractivity contribution is -0.132. The first-order chi connectivity index (χ1) is 19.9. The number of amides is 2. The summed E-state index contributed by atoms with van der Waals surface area (Å²) in [6.45, 7) is 5.33. The van der Waals surface area contributed by atoms with Gasteiger partial charge >= 0.3 is 0 Å². The Bertz CT molecular complexity index is 1470. The number of nitrogens with one attached hydrogen (secondary N) is 1. The van der Waals surface area contributed by atoms with Crippen LogP contribution in [0.2, 0.25) is 0 Å². The maximum absolute atomic E-state index is 13.4. The molecule has 2 amide bonds. The van der Waals surface area contributed by atoms with Gasteiger partial charge in [-0.25, -0.2) is 0 Å². The van der Waals surface area contributed by atoms with E-state index in [4.69, 9.17) is 10.5 Å². The molecule has 0 radical (unpaired) electrons. The zero-order valence-corrected chi connectivity index (χ0v) is 24.5. The van der Waals surface area contributed by atoms with E-state index in [0.717, 1.165) is 62.6 Å². The number of rotatable bonds is 11. The van der Waals surface area contributed by atoms with Gasteiger partial charge in [-0.2, -0.15) is 0 Å². The van der Waals surface area contributed by atoms with E-state index >= 15 is 0 Å². The van der Waals surface area contributed by atoms with Crippen molar-refractivity contribution in [2.75, 3.05) is 32.1 Å². The SMILES string of the molecule is COCCCn1c(C2CCCN(C(=O)CC(N)Cc3ccc(NC(=O)c4csnn4)cc3)C2)c(C)c2ccccc21. The zero-order chi connectivity index (χ0) is 28.8. The number of anilines is 1. The molecule has 0 aliphatic carbocycles. The summed E-state index contributed by atoms with van der Waals surface area (Å²) >= 11 is 1.13. The number of aryl methyl sites for hydroxylation is 2. The number of nitrogens with zero attached hydrogens (tertiary/aromatic N) is 4. The Kier molecular flexibility index (Phi) is 9.43. The fraction of sp³-hybridized carbons (Fsp3) is 0.419. The number of nitrogens with two attached hydrogens (primary N) is 1. The molecule has 41 heavy (non-hydrogen) atoms. The van der Waals surface area contributed by atoms with Crippen molar-refractivity contribution in [1.82, 2.24) is 19.1 Å². The molecule has 216 valence electrons. The van der Waals surface area contributed by atoms with Gasteiger partial charge in [0.05, 0.1) is 0 Å². The Morgan fingerprint density at radius 3 is 2.76 bits per heavy atom. The number of aromatic nitrogens is 3. The van der Waals surface area contributed by atoms with E-state index in [1.165, 1.54) is 22.2 Å². The average Bonchev–Trinajstić information content (AvgIpc) is 3.62. The minimum Gasteiger partial charge on any atom is -0.385 e. The summed E-state index contributed by atoms with van der Waals surface area (Å²) in [5, 5.41) is 9.50. The second-order valence-corrected chi connectivity index (χ2v) is 11.4. The number of methoxy groups -OCH3 is 1. The number of likely N-dealkylation sites (tertiary alicyclic amines) is 1. The molecule has 1 aliphatic rings. The predicted molar refractivity (Wildman–Crippen MR) is 162 cm³/mol. The summed E-state index contributed by atoms with van der Waals surface area (Å²) in [6.07, 6.45) is 3.88. The van der Waals surface area contributed by atoms with Crippen molar-refractivity contribution in [1.29, 1.82) is 0 Å². The third-order valence-electron chi connectivity index (χ3n) is 7.90. The molecule has 1 aliphatic heterocycles. The molecule has 2 atom stereocenters. The van der Waals surface area contributed by atoms with Crippen LogP contribution in [0.15, 0.2) is 53.9 Å². The van der Waals surface area contributed by atoms with Gasteiger partial charge in [0, 0.05) is 79.4 Å². The van der Waals surface area contributed by atoms with E-state index < -0.39 is 0 Å². The lowest BCUT2D eigenvalue weighted by atomic mass is 9.91. The van der Waals surface area contributed by atoms with Gasteiger partial charge in [0.25, 0.3) is 5.91 Å². The van der Waals surface area contributed by atoms with E-state index in [-0.39, 0.29) is 17.9 Å². The number of fused-ring (bicyclic) bond motifs is 1. The van der Waals surface area contributed by atoms with E-state index in [0.29, 0.717) is 30.1 Å². The average molecular weight is 575 g/mol. The number of hydrogen-bond acceptors (Lipinski definition) is 7. The summed E-state index contributed by atoms with van der Waals surface area (Å²) in [5.41, 5.74) is 12.4. The standard InChI is InChI=1S/C31H38N6O3S/c1-21-26-8-3-4-9-28(26)37(15-6-16-40-2)30(21)23-7-5-14-36(19-23)29(38)18-24(32)17-22-10-12-25(13-11-22)33-31(39)27-20-41-35-34-27/h3-4,8-13,20,23-24H,5-7,14-19,32H2,1-2H3,(H,33,39). The van der Waals surface area contributed by atoms with Crippen LogP contribution >= 0.6 is 11.5 Å². The normalized spacial score (nSPS) is 16.2. The number of piperidine rings is 1. The summed E-state index contributed by atoms with van der Waals surface area (Å²) in [5.74, 6) is 0.114. The number of hydrogen-bond donors (Lipinski definition) is 2. The Balaban J connectivity index is 1.20. The second kappa shape index (κ2) is 13.4. The maximum atomic E-state index is 13.4. The van der Waals surface area contributed by atoms with Crippen LogP contribution < -0.4 is 11.1 Å². The summed E-state index contributed by atoms with van der Waals surface area (Å²) in [7, 11) is 1.74. The van der Waals surface area contributed by atoms with Gasteiger partial charge in [0.1, 0.15) is 0 Å². The molecule has 2 unspecified atom stereocenters. The van der Waals surface area contributed by atoms with Crippen molar-refractivity contribution in [3.63, 3.8) is 0 Å². The van der Waals surface area contributed by atoms with E-state index in [1.54, 1.807) is 12.5 Å². The molecule has 3 N–H and O–H groups in total. The first-order valence-corrected chi connectivity index (χ1v) is 15.1. The number of carbonyl (C=O) groups is 2. The summed E-state index contributed by atoms with van der Waals surface area (Å²) in [4.78, 5) is 27.6. The van der Waals surface area contributed by atoms with Crippen LogP contribution in [0.3, 0.4) is 0 Å². The van der Waals surface area contributed by atoms with E-state index in [9.17, 15) is 9.59 Å². The van der Waals surface area contributed by atoms with Crippen LogP contribution in [0.1, 0.15) is 58.9 Å². The molecule has 0 bridgehead atoms. The van der Waals surface area contributed by atoms with Gasteiger partial charge in [0.15, 0.2) is 5.69 Å². The van der Waals surface area contributed by atoms with Crippen molar-refractivity contribution < 1.29 is 14.3 Å². The fourth-order valence-electron chi connectivity index (χ4n) is 5.97. The van der Waals surface area contributed by atoms with E-state index in [2.05, 4.69) is 50.7 Å². The highest BCUT2D eigenvalue weighted by Gasteiger charge is 2.29. The lowest BCUT2D eigenvalue weighted by Crippen LogP contribution is -2.42. The van der Waals surface area contributed by atoms with Gasteiger partial charge in [-0.15, -0.1) is 5.10 Å². The van der Waals surface area contributed by atoms with Crippen LogP contribution in [0, 0.1) is 6.92 Å². The van der Waals surface area contributed by atoms with Crippen LogP contribution in [0.4, 0.5) is 5.69 Å². The number of benzene rings is 2. The molecule has 1 fully saturated rings. The molecule has 5 rings (SSSR count). The number of ether oxygens (including phenoxy) is 1. The van der Waals surface area contributed by atoms with Crippen LogP contribution in [-0.4, -0.2) is 63.7 Å². The van der Waals surface area contributed by atoms with Gasteiger partial charge in [-0.05, 0) is 73.5 Å². The Morgan fingerprint density at radius 1 is 1.20 bits per heavy atom. The van der Waals surface area contributed by atoms with Crippen LogP contribution in [-0.2, 0) is 22.5 Å². The van der Waals surface area contributed by atoms with Crippen molar-refractivity contribution in [2.24, 2.45) is 5.73 Å². The first kappa shape index (κ1) is 28.9. The Labute approximate surface area is 244 Å². The van der Waals surface area contributed by atoms with Crippen molar-refractivity contribution in [2.45, 2.75) is 57.5 Å². The Morgan fingerprint density at radius 2 is 2.00 bits per heavy atom. The number of para-hydroxylation sites is 1. The minimum absolute atomic E-state index is 0.114. The van der Waals surface area contributed by atoms with Crippen LogP contribution in [0.25, 0.3) is 10.9 Å². The quantitative estimate of drug-likeness (QED) is 0.250. The largest absolute Gasteiger partial charge is 0.385 e. The van der Waals surface area contributed by atoms with Crippen molar-refractivity contribution in [3.05, 3.63) is 76.4 Å². The molecule has 0 saturated carbocycles. The smallest absolute Gasteiger partial charge is 0.277 e. The third-order valence-corrected chi connectivity index (χ3v) is 8.41. The summed E-state index contributed by atoms with van der Waals surface area (Å²) < 4.78 is 11.5. The lowest BCUT2D eigenvalue weighted by Gasteiger charge is -2.34. The third kappa shape index (κ3) is 6.83. The Hall–Kier alpha value is -3.60. The maximum Gasteiger partial charge on any atom is 0.277 e. The molecule has 1 saturated heterocycles. The van der Waals surface area contributed by atoms with Gasteiger partial charge in [-0.1, -0.05) is 34.8 Å². The molecule has 9 nitrogen and oxygen atoms in total. The highest BCUT2D eigenvalue weighted by molar-refractivity contribution is 7.03. The second-order valence-electron chi connectivity index (χ2n) is 10.8. The monoisotopic (exact) mass is 574 g/mol. The number of carbonyl (C=O) groups excluding carboxylic acids is 2. The predicted octanol–water partition coefficient (Wildman–Crippen LogP) is 4.76. The highest BCUT2D eigenvalue weighted by atomic mass is 32.1. The molecule has 2 aromatic heterocycles. The highest BCUT2D eigenvalue weighted by Crippen LogP contribution is 2.36. The van der Waals surface area contributed by atoms with Crippen molar-refractivity contribution in [3.8, 4) is 0 Å². The zero-order valence-electron chi connectivity index (χ0n) is 23.7. The topological polar surface area (TPSA) is 115 Å².